The van der Waals surface area contributed by atoms with Gasteiger partial charge in [-0.2, -0.15) is 0 Å². The summed E-state index contributed by atoms with van der Waals surface area (Å²) in [6.07, 6.45) is 2.50. The van der Waals surface area contributed by atoms with E-state index >= 15 is 0 Å². The van der Waals surface area contributed by atoms with Crippen LogP contribution in [0.2, 0.25) is 0 Å². The highest BCUT2D eigenvalue weighted by molar-refractivity contribution is 5.77. The maximum Gasteiger partial charge on any atom is 0.407 e. The third-order valence-corrected chi connectivity index (χ3v) is 2.97. The molecule has 0 unspecified atom stereocenters. The number of likely N-dealkylation sites (tertiary alicyclic amines) is 1. The Morgan fingerprint density at radius 1 is 1.40 bits per heavy atom. The first-order valence-corrected chi connectivity index (χ1v) is 7.03. The summed E-state index contributed by atoms with van der Waals surface area (Å²) < 4.78 is 5.18. The van der Waals surface area contributed by atoms with Gasteiger partial charge in [0.2, 0.25) is 5.91 Å². The van der Waals surface area contributed by atoms with Crippen LogP contribution < -0.4 is 5.32 Å². The number of unbranched alkanes of at least 4 members (excludes halogenated alkanes) is 1. The van der Waals surface area contributed by atoms with Gasteiger partial charge in [0.1, 0.15) is 11.9 Å². The van der Waals surface area contributed by atoms with E-state index in [2.05, 4.69) is 5.32 Å². The number of rotatable bonds is 5. The van der Waals surface area contributed by atoms with Gasteiger partial charge in [0.05, 0.1) is 6.04 Å². The molecule has 0 radical (unpaired) electrons. The second-order valence-electron chi connectivity index (χ2n) is 6.03. The van der Waals surface area contributed by atoms with Crippen LogP contribution in [-0.2, 0) is 14.3 Å². The summed E-state index contributed by atoms with van der Waals surface area (Å²) in [5.74, 6) is 0.0420. The zero-order valence-corrected chi connectivity index (χ0v) is 12.5. The average Bonchev–Trinajstić information content (AvgIpc) is 2.75. The zero-order chi connectivity index (χ0) is 15.2. The fourth-order valence-corrected chi connectivity index (χ4v) is 2.07. The Kier molecular flexibility index (Phi) is 5.98. The van der Waals surface area contributed by atoms with Crippen LogP contribution in [-0.4, -0.2) is 47.9 Å². The van der Waals surface area contributed by atoms with E-state index in [0.29, 0.717) is 32.4 Å². The van der Waals surface area contributed by atoms with Crippen molar-refractivity contribution >= 4 is 18.3 Å². The van der Waals surface area contributed by atoms with E-state index in [0.717, 1.165) is 12.7 Å². The molecule has 6 nitrogen and oxygen atoms in total. The minimum atomic E-state index is -0.521. The summed E-state index contributed by atoms with van der Waals surface area (Å²) in [6, 6.07) is -0.0557. The van der Waals surface area contributed by atoms with E-state index in [1.807, 2.05) is 20.8 Å². The van der Waals surface area contributed by atoms with Gasteiger partial charge >= 0.3 is 6.09 Å². The van der Waals surface area contributed by atoms with Crippen LogP contribution in [0.5, 0.6) is 0 Å². The van der Waals surface area contributed by atoms with Crippen molar-refractivity contribution in [3.63, 3.8) is 0 Å². The molecule has 1 fully saturated rings. The van der Waals surface area contributed by atoms with Gasteiger partial charge in [-0.15, -0.1) is 0 Å². The summed E-state index contributed by atoms with van der Waals surface area (Å²) in [5, 5.41) is 2.78. The standard InChI is InChI=1S/C14H24N2O4/c1-14(2,3)20-13(19)15-11-7-8-16(10-11)12(18)6-4-5-9-17/h9,11H,4-8,10H2,1-3H3,(H,15,19)/t11-/m0/s1. The summed E-state index contributed by atoms with van der Waals surface area (Å²) >= 11 is 0. The Labute approximate surface area is 119 Å². The van der Waals surface area contributed by atoms with Crippen LogP contribution in [0, 0.1) is 0 Å². The normalized spacial score (nSPS) is 18.8. The molecule has 0 aromatic rings. The van der Waals surface area contributed by atoms with E-state index < -0.39 is 11.7 Å². The maximum atomic E-state index is 11.8. The van der Waals surface area contributed by atoms with E-state index in [4.69, 9.17) is 4.74 Å². The quantitative estimate of drug-likeness (QED) is 0.613. The van der Waals surface area contributed by atoms with Gasteiger partial charge in [-0.1, -0.05) is 0 Å². The van der Waals surface area contributed by atoms with Crippen molar-refractivity contribution in [1.82, 2.24) is 10.2 Å². The number of carbonyl (C=O) groups excluding carboxylic acids is 3. The molecular weight excluding hydrogens is 260 g/mol. The lowest BCUT2D eigenvalue weighted by Crippen LogP contribution is -2.41. The number of nitrogens with zero attached hydrogens (tertiary/aromatic N) is 1. The average molecular weight is 284 g/mol. The molecule has 0 aromatic heterocycles. The highest BCUT2D eigenvalue weighted by Gasteiger charge is 2.28. The Morgan fingerprint density at radius 3 is 2.70 bits per heavy atom. The molecule has 0 spiro atoms. The molecule has 0 aliphatic carbocycles. The Hall–Kier alpha value is -1.59. The number of alkyl carbamates (subject to hydrolysis) is 1. The summed E-state index contributed by atoms with van der Waals surface area (Å²) in [6.45, 7) is 6.58. The zero-order valence-electron chi connectivity index (χ0n) is 12.5. The van der Waals surface area contributed by atoms with Gasteiger partial charge in [-0.25, -0.2) is 4.79 Å². The first-order valence-electron chi connectivity index (χ1n) is 7.03. The predicted octanol–water partition coefficient (Wildman–Crippen LogP) is 1.48. The summed E-state index contributed by atoms with van der Waals surface area (Å²) in [7, 11) is 0. The minimum absolute atomic E-state index is 0.0420. The van der Waals surface area contributed by atoms with Crippen molar-refractivity contribution in [3.8, 4) is 0 Å². The number of ether oxygens (including phenoxy) is 1. The van der Waals surface area contributed by atoms with Crippen LogP contribution in [0.4, 0.5) is 4.79 Å². The first-order chi connectivity index (χ1) is 9.31. The molecule has 0 saturated carbocycles. The van der Waals surface area contributed by atoms with Gasteiger partial charge in [0.15, 0.2) is 0 Å². The highest BCUT2D eigenvalue weighted by Crippen LogP contribution is 2.13. The fourth-order valence-electron chi connectivity index (χ4n) is 2.07. The molecule has 20 heavy (non-hydrogen) atoms. The number of aldehydes is 1. The van der Waals surface area contributed by atoms with Gasteiger partial charge in [-0.05, 0) is 33.6 Å². The summed E-state index contributed by atoms with van der Waals surface area (Å²) in [4.78, 5) is 35.4. The van der Waals surface area contributed by atoms with Crippen molar-refractivity contribution in [2.45, 2.75) is 58.1 Å². The van der Waals surface area contributed by atoms with E-state index in [1.54, 1.807) is 4.90 Å². The van der Waals surface area contributed by atoms with Crippen molar-refractivity contribution < 1.29 is 19.1 Å². The maximum absolute atomic E-state index is 11.8. The summed E-state index contributed by atoms with van der Waals surface area (Å²) in [5.41, 5.74) is -0.521. The third-order valence-electron chi connectivity index (χ3n) is 2.97. The van der Waals surface area contributed by atoms with Crippen LogP contribution in [0.1, 0.15) is 46.5 Å². The number of carbonyl (C=O) groups is 3. The van der Waals surface area contributed by atoms with Crippen molar-refractivity contribution in [2.24, 2.45) is 0 Å². The van der Waals surface area contributed by atoms with Gasteiger partial charge in [0, 0.05) is 25.9 Å². The largest absolute Gasteiger partial charge is 0.444 e. The van der Waals surface area contributed by atoms with Crippen LogP contribution >= 0.6 is 0 Å². The van der Waals surface area contributed by atoms with E-state index in [9.17, 15) is 14.4 Å². The number of hydrogen-bond acceptors (Lipinski definition) is 4. The molecule has 1 atom stereocenters. The SMILES string of the molecule is CC(C)(C)OC(=O)N[C@H]1CCN(C(=O)CCCC=O)C1. The molecule has 1 aliphatic heterocycles. The van der Waals surface area contributed by atoms with Crippen LogP contribution in [0.15, 0.2) is 0 Å². The van der Waals surface area contributed by atoms with Gasteiger partial charge in [0.25, 0.3) is 0 Å². The molecule has 1 saturated heterocycles. The predicted molar refractivity (Wildman–Crippen MR) is 74.3 cm³/mol. The lowest BCUT2D eigenvalue weighted by atomic mass is 10.2. The Balaban J connectivity index is 2.30. The Bertz CT molecular complexity index is 363. The fraction of sp³-hybridized carbons (Fsp3) is 0.786. The first kappa shape index (κ1) is 16.5. The molecule has 0 aromatic carbocycles. The van der Waals surface area contributed by atoms with Crippen molar-refractivity contribution in [3.05, 3.63) is 0 Å². The topological polar surface area (TPSA) is 75.7 Å². The van der Waals surface area contributed by atoms with Crippen molar-refractivity contribution in [2.75, 3.05) is 13.1 Å². The monoisotopic (exact) mass is 284 g/mol. The molecule has 114 valence electrons. The van der Waals surface area contributed by atoms with Crippen LogP contribution in [0.3, 0.4) is 0 Å². The molecule has 1 rings (SSSR count). The van der Waals surface area contributed by atoms with Crippen LogP contribution in [0.25, 0.3) is 0 Å². The highest BCUT2D eigenvalue weighted by atomic mass is 16.6. The third kappa shape index (κ3) is 6.04. The lowest BCUT2D eigenvalue weighted by molar-refractivity contribution is -0.130. The lowest BCUT2D eigenvalue weighted by Gasteiger charge is -2.22. The minimum Gasteiger partial charge on any atom is -0.444 e. The molecule has 6 heteroatoms. The van der Waals surface area contributed by atoms with E-state index in [1.165, 1.54) is 0 Å². The van der Waals surface area contributed by atoms with Gasteiger partial charge < -0.3 is 19.7 Å². The number of nitrogens with one attached hydrogen (secondary N) is 1. The van der Waals surface area contributed by atoms with Gasteiger partial charge in [-0.3, -0.25) is 4.79 Å². The molecular formula is C14H24N2O4. The molecule has 1 heterocycles. The number of amides is 2. The molecule has 1 aliphatic rings. The van der Waals surface area contributed by atoms with E-state index in [-0.39, 0.29) is 11.9 Å². The molecule has 2 amide bonds. The second-order valence-corrected chi connectivity index (χ2v) is 6.03. The second kappa shape index (κ2) is 7.26. The smallest absolute Gasteiger partial charge is 0.407 e. The van der Waals surface area contributed by atoms with Crippen molar-refractivity contribution in [1.29, 1.82) is 0 Å². The number of hydrogen-bond donors (Lipinski definition) is 1. The Morgan fingerprint density at radius 2 is 2.10 bits per heavy atom. The molecule has 0 bridgehead atoms. The molecule has 1 N–H and O–H groups in total.